The van der Waals surface area contributed by atoms with E-state index >= 15 is 0 Å². The summed E-state index contributed by atoms with van der Waals surface area (Å²) in [7, 11) is 1.52. The van der Waals surface area contributed by atoms with Crippen molar-refractivity contribution in [1.29, 1.82) is 0 Å². The molecule has 2 aromatic rings. The number of methoxy groups -OCH3 is 1. The van der Waals surface area contributed by atoms with Gasteiger partial charge in [-0.15, -0.1) is 0 Å². The smallest absolute Gasteiger partial charge is 0.416 e. The van der Waals surface area contributed by atoms with E-state index in [4.69, 9.17) is 28.6 Å². The van der Waals surface area contributed by atoms with Gasteiger partial charge in [-0.2, -0.15) is 13.2 Å². The van der Waals surface area contributed by atoms with Crippen molar-refractivity contribution in [3.63, 3.8) is 0 Å². The third-order valence-corrected chi connectivity index (χ3v) is 3.63. The highest BCUT2D eigenvalue weighted by Gasteiger charge is 2.29. The highest BCUT2D eigenvalue weighted by atomic mass is 35.5. The Bertz CT molecular complexity index is 720. The Kier molecular flexibility index (Phi) is 5.90. The minimum Gasteiger partial charge on any atom is -0.495 e. The molecule has 0 bridgehead atoms. The van der Waals surface area contributed by atoms with Crippen LogP contribution in [-0.4, -0.2) is 12.2 Å². The quantitative estimate of drug-likeness (QED) is 0.749. The molecule has 2 N–H and O–H groups in total. The zero-order chi connectivity index (χ0) is 17.7. The van der Waals surface area contributed by atoms with Crippen molar-refractivity contribution < 1.29 is 17.9 Å². The number of hydrogen-bond acceptors (Lipinski definition) is 2. The number of thiocarbonyl (C=S) groups is 1. The van der Waals surface area contributed by atoms with Crippen LogP contribution in [-0.2, 0) is 12.7 Å². The Hall–Kier alpha value is -1.99. The molecule has 0 fully saturated rings. The summed E-state index contributed by atoms with van der Waals surface area (Å²) < 4.78 is 42.7. The van der Waals surface area contributed by atoms with Crippen molar-refractivity contribution >= 4 is 34.6 Å². The standard InChI is InChI=1S/C16H14ClF3N2OS/c1-23-14-7-6-12(17)8-13(14)22-15(24)21-9-10-2-4-11(5-3-10)16(18,19)20/h2-8H,9H2,1H3,(H2,21,22,24). The predicted molar refractivity (Wildman–Crippen MR) is 92.5 cm³/mol. The second kappa shape index (κ2) is 7.72. The van der Waals surface area contributed by atoms with E-state index in [-0.39, 0.29) is 6.54 Å². The molecule has 0 aromatic heterocycles. The first kappa shape index (κ1) is 18.4. The lowest BCUT2D eigenvalue weighted by Gasteiger charge is -2.14. The Morgan fingerprint density at radius 2 is 1.83 bits per heavy atom. The van der Waals surface area contributed by atoms with E-state index in [1.165, 1.54) is 19.2 Å². The third-order valence-electron chi connectivity index (χ3n) is 3.14. The minimum absolute atomic E-state index is 0.285. The summed E-state index contributed by atoms with van der Waals surface area (Å²) >= 11 is 11.1. The van der Waals surface area contributed by atoms with Gasteiger partial charge in [0.15, 0.2) is 5.11 Å². The summed E-state index contributed by atoms with van der Waals surface area (Å²) in [4.78, 5) is 0. The molecule has 0 radical (unpaired) electrons. The maximum Gasteiger partial charge on any atom is 0.416 e. The van der Waals surface area contributed by atoms with Crippen LogP contribution < -0.4 is 15.4 Å². The molecule has 0 saturated carbocycles. The van der Waals surface area contributed by atoms with Crippen LogP contribution in [0.4, 0.5) is 18.9 Å². The molecule has 8 heteroatoms. The van der Waals surface area contributed by atoms with Crippen LogP contribution in [0.5, 0.6) is 5.75 Å². The summed E-state index contributed by atoms with van der Waals surface area (Å²) in [5.74, 6) is 0.568. The van der Waals surface area contributed by atoms with Gasteiger partial charge in [-0.1, -0.05) is 23.7 Å². The topological polar surface area (TPSA) is 33.3 Å². The van der Waals surface area contributed by atoms with E-state index in [1.54, 1.807) is 18.2 Å². The van der Waals surface area contributed by atoms with E-state index in [2.05, 4.69) is 10.6 Å². The molecule has 0 heterocycles. The molecule has 0 aliphatic heterocycles. The van der Waals surface area contributed by atoms with Crippen molar-refractivity contribution in [2.45, 2.75) is 12.7 Å². The lowest BCUT2D eigenvalue weighted by Crippen LogP contribution is -2.28. The molecule has 2 aromatic carbocycles. The maximum atomic E-state index is 12.5. The molecule has 0 unspecified atom stereocenters. The first-order valence-corrected chi connectivity index (χ1v) is 7.63. The van der Waals surface area contributed by atoms with Crippen LogP contribution in [0.3, 0.4) is 0 Å². The number of benzene rings is 2. The van der Waals surface area contributed by atoms with Gasteiger partial charge in [-0.05, 0) is 48.1 Å². The molecule has 0 amide bonds. The largest absolute Gasteiger partial charge is 0.495 e. The van der Waals surface area contributed by atoms with Gasteiger partial charge < -0.3 is 15.4 Å². The highest BCUT2D eigenvalue weighted by molar-refractivity contribution is 7.80. The van der Waals surface area contributed by atoms with Gasteiger partial charge in [-0.3, -0.25) is 0 Å². The second-order valence-electron chi connectivity index (χ2n) is 4.85. The molecule has 128 valence electrons. The Balaban J connectivity index is 1.95. The second-order valence-corrected chi connectivity index (χ2v) is 5.69. The van der Waals surface area contributed by atoms with E-state index < -0.39 is 11.7 Å². The normalized spacial score (nSPS) is 11.0. The van der Waals surface area contributed by atoms with Crippen LogP contribution in [0.1, 0.15) is 11.1 Å². The summed E-state index contributed by atoms with van der Waals surface area (Å²) in [6.07, 6.45) is -4.34. The summed E-state index contributed by atoms with van der Waals surface area (Å²) in [6.45, 7) is 0.285. The van der Waals surface area contributed by atoms with E-state index in [0.717, 1.165) is 12.1 Å². The SMILES string of the molecule is COc1ccc(Cl)cc1NC(=S)NCc1ccc(C(F)(F)F)cc1. The fraction of sp³-hybridized carbons (Fsp3) is 0.188. The fourth-order valence-electron chi connectivity index (χ4n) is 1.94. The highest BCUT2D eigenvalue weighted by Crippen LogP contribution is 2.29. The predicted octanol–water partition coefficient (Wildman–Crippen LogP) is 4.85. The lowest BCUT2D eigenvalue weighted by atomic mass is 10.1. The molecule has 0 aliphatic rings. The molecule has 2 rings (SSSR count). The Labute approximate surface area is 147 Å². The number of halogens is 4. The van der Waals surface area contributed by atoms with Crippen LogP contribution in [0, 0.1) is 0 Å². The Morgan fingerprint density at radius 1 is 1.17 bits per heavy atom. The molecule has 3 nitrogen and oxygen atoms in total. The number of ether oxygens (including phenoxy) is 1. The van der Waals surface area contributed by atoms with Crippen LogP contribution >= 0.6 is 23.8 Å². The fourth-order valence-corrected chi connectivity index (χ4v) is 2.29. The molecular weight excluding hydrogens is 361 g/mol. The van der Waals surface area contributed by atoms with Gasteiger partial charge in [0.2, 0.25) is 0 Å². The first-order valence-electron chi connectivity index (χ1n) is 6.84. The van der Waals surface area contributed by atoms with Gasteiger partial charge >= 0.3 is 6.18 Å². The van der Waals surface area contributed by atoms with E-state index in [0.29, 0.717) is 27.1 Å². The van der Waals surface area contributed by atoms with Gasteiger partial charge in [0.1, 0.15) is 5.75 Å². The zero-order valence-corrected chi connectivity index (χ0v) is 14.1. The van der Waals surface area contributed by atoms with E-state index in [9.17, 15) is 13.2 Å². The maximum absolute atomic E-state index is 12.5. The van der Waals surface area contributed by atoms with Crippen molar-refractivity contribution in [2.75, 3.05) is 12.4 Å². The van der Waals surface area contributed by atoms with Crippen molar-refractivity contribution in [3.05, 3.63) is 58.6 Å². The third kappa shape index (κ3) is 5.01. The number of anilines is 1. The number of hydrogen-bond donors (Lipinski definition) is 2. The van der Waals surface area contributed by atoms with Crippen LogP contribution in [0.2, 0.25) is 5.02 Å². The lowest BCUT2D eigenvalue weighted by molar-refractivity contribution is -0.137. The minimum atomic E-state index is -4.34. The first-order chi connectivity index (χ1) is 11.3. The summed E-state index contributed by atoms with van der Waals surface area (Å²) in [6, 6.07) is 9.91. The number of alkyl halides is 3. The monoisotopic (exact) mass is 374 g/mol. The van der Waals surface area contributed by atoms with E-state index in [1.807, 2.05) is 0 Å². The Morgan fingerprint density at radius 3 is 2.42 bits per heavy atom. The average molecular weight is 375 g/mol. The zero-order valence-electron chi connectivity index (χ0n) is 12.6. The molecule has 0 spiro atoms. The average Bonchev–Trinajstić information content (AvgIpc) is 2.53. The van der Waals surface area contributed by atoms with Gasteiger partial charge in [0.05, 0.1) is 18.4 Å². The van der Waals surface area contributed by atoms with Crippen molar-refractivity contribution in [2.24, 2.45) is 0 Å². The molecule has 0 aliphatic carbocycles. The molecule has 0 saturated heterocycles. The summed E-state index contributed by atoms with van der Waals surface area (Å²) in [5, 5.41) is 6.67. The van der Waals surface area contributed by atoms with Crippen LogP contribution in [0.15, 0.2) is 42.5 Å². The molecular formula is C16H14ClF3N2OS. The van der Waals surface area contributed by atoms with Crippen LogP contribution in [0.25, 0.3) is 0 Å². The van der Waals surface area contributed by atoms with Gasteiger partial charge in [0.25, 0.3) is 0 Å². The van der Waals surface area contributed by atoms with Crippen molar-refractivity contribution in [1.82, 2.24) is 5.32 Å². The molecule has 24 heavy (non-hydrogen) atoms. The van der Waals surface area contributed by atoms with Gasteiger partial charge in [-0.25, -0.2) is 0 Å². The summed E-state index contributed by atoms with van der Waals surface area (Å²) in [5.41, 5.74) is 0.579. The number of nitrogens with one attached hydrogen (secondary N) is 2. The number of rotatable bonds is 4. The molecule has 0 atom stereocenters. The van der Waals surface area contributed by atoms with Gasteiger partial charge in [0, 0.05) is 11.6 Å². The van der Waals surface area contributed by atoms with Crippen molar-refractivity contribution in [3.8, 4) is 5.75 Å².